The maximum absolute atomic E-state index is 12.0. The van der Waals surface area contributed by atoms with Crippen LogP contribution in [-0.4, -0.2) is 28.1 Å². The maximum atomic E-state index is 12.0. The third-order valence-electron chi connectivity index (χ3n) is 4.90. The first kappa shape index (κ1) is 24.4. The van der Waals surface area contributed by atoms with Crippen LogP contribution in [0.15, 0.2) is 73.3 Å². The molecular formula is C24H31ClN4O2. The standard InChI is InChI=1S/C24H30N4O2.ClH/c1-24(2,3)22(16-28-14-13-25-18-28)26-15-19-9-11-21(12-10-19)30-17-23(29)27-20-7-5-4-6-8-20;/h4-14,18,22,26H,15-17H2,1-3H3,(H,27,29);1H. The van der Waals surface area contributed by atoms with E-state index in [0.717, 1.165) is 24.3 Å². The fourth-order valence-electron chi connectivity index (χ4n) is 3.06. The minimum absolute atomic E-state index is 0. The van der Waals surface area contributed by atoms with Crippen LogP contribution in [0.25, 0.3) is 0 Å². The zero-order valence-electron chi connectivity index (χ0n) is 18.2. The molecule has 0 aliphatic carbocycles. The van der Waals surface area contributed by atoms with E-state index >= 15 is 0 Å². The van der Waals surface area contributed by atoms with Crippen LogP contribution in [0.4, 0.5) is 5.69 Å². The monoisotopic (exact) mass is 442 g/mol. The summed E-state index contributed by atoms with van der Waals surface area (Å²) in [6.07, 6.45) is 5.64. The first-order valence-electron chi connectivity index (χ1n) is 10.2. The minimum Gasteiger partial charge on any atom is -0.484 e. The van der Waals surface area contributed by atoms with Crippen molar-refractivity contribution in [1.82, 2.24) is 14.9 Å². The number of hydrogen-bond donors (Lipinski definition) is 2. The average Bonchev–Trinajstić information content (AvgIpc) is 3.23. The second kappa shape index (κ2) is 11.5. The molecule has 0 saturated heterocycles. The number of ether oxygens (including phenoxy) is 1. The maximum Gasteiger partial charge on any atom is 0.262 e. The summed E-state index contributed by atoms with van der Waals surface area (Å²) in [4.78, 5) is 16.1. The van der Waals surface area contributed by atoms with Crippen molar-refractivity contribution < 1.29 is 9.53 Å². The fourth-order valence-corrected chi connectivity index (χ4v) is 3.06. The van der Waals surface area contributed by atoms with Gasteiger partial charge < -0.3 is 19.9 Å². The van der Waals surface area contributed by atoms with Crippen molar-refractivity contribution in [1.29, 1.82) is 0 Å². The smallest absolute Gasteiger partial charge is 0.262 e. The summed E-state index contributed by atoms with van der Waals surface area (Å²) in [5.41, 5.74) is 2.03. The van der Waals surface area contributed by atoms with E-state index in [4.69, 9.17) is 4.74 Å². The second-order valence-corrected chi connectivity index (χ2v) is 8.41. The van der Waals surface area contributed by atoms with Crippen LogP contribution < -0.4 is 15.4 Å². The summed E-state index contributed by atoms with van der Waals surface area (Å²) >= 11 is 0. The van der Waals surface area contributed by atoms with Gasteiger partial charge in [-0.2, -0.15) is 0 Å². The Hall–Kier alpha value is -2.83. The summed E-state index contributed by atoms with van der Waals surface area (Å²) in [7, 11) is 0. The van der Waals surface area contributed by atoms with Crippen LogP contribution in [0.5, 0.6) is 5.75 Å². The molecule has 1 atom stereocenters. The number of amides is 1. The van der Waals surface area contributed by atoms with Crippen molar-refractivity contribution in [2.45, 2.75) is 39.9 Å². The molecule has 2 N–H and O–H groups in total. The van der Waals surface area contributed by atoms with Crippen molar-refractivity contribution in [2.24, 2.45) is 5.41 Å². The molecule has 1 heterocycles. The summed E-state index contributed by atoms with van der Waals surface area (Å²) < 4.78 is 7.70. The number of anilines is 1. The third-order valence-corrected chi connectivity index (χ3v) is 4.90. The molecule has 0 fully saturated rings. The van der Waals surface area contributed by atoms with Gasteiger partial charge in [-0.05, 0) is 35.2 Å². The zero-order chi connectivity index (χ0) is 21.4. The van der Waals surface area contributed by atoms with Gasteiger partial charge in [0.15, 0.2) is 6.61 Å². The molecule has 0 radical (unpaired) electrons. The minimum atomic E-state index is -0.181. The van der Waals surface area contributed by atoms with Crippen LogP contribution >= 0.6 is 12.4 Å². The molecule has 1 amide bonds. The molecule has 1 aromatic heterocycles. The van der Waals surface area contributed by atoms with Gasteiger partial charge in [-0.25, -0.2) is 4.98 Å². The Bertz CT molecular complexity index is 907. The average molecular weight is 443 g/mol. The number of halogens is 1. The first-order valence-corrected chi connectivity index (χ1v) is 10.2. The largest absolute Gasteiger partial charge is 0.484 e. The number of aromatic nitrogens is 2. The predicted octanol–water partition coefficient (Wildman–Crippen LogP) is 4.53. The SMILES string of the molecule is CC(C)(C)C(Cn1ccnc1)NCc1ccc(OCC(=O)Nc2ccccc2)cc1.Cl. The predicted molar refractivity (Wildman–Crippen MR) is 127 cm³/mol. The van der Waals surface area contributed by atoms with Gasteiger partial charge in [0.2, 0.25) is 0 Å². The van der Waals surface area contributed by atoms with E-state index < -0.39 is 0 Å². The number of imidazole rings is 1. The van der Waals surface area contributed by atoms with Crippen LogP contribution in [0, 0.1) is 5.41 Å². The van der Waals surface area contributed by atoms with E-state index in [0.29, 0.717) is 11.8 Å². The number of benzene rings is 2. The van der Waals surface area contributed by atoms with Gasteiger partial charge in [0.05, 0.1) is 6.33 Å². The number of carbonyl (C=O) groups excluding carboxylic acids is 1. The number of nitrogens with one attached hydrogen (secondary N) is 2. The molecule has 0 spiro atoms. The second-order valence-electron chi connectivity index (χ2n) is 8.41. The Morgan fingerprint density at radius 1 is 1.10 bits per heavy atom. The summed E-state index contributed by atoms with van der Waals surface area (Å²) in [5.74, 6) is 0.493. The molecule has 0 aliphatic heterocycles. The summed E-state index contributed by atoms with van der Waals surface area (Å²) in [6, 6.07) is 17.5. The van der Waals surface area contributed by atoms with Gasteiger partial charge in [-0.3, -0.25) is 4.79 Å². The van der Waals surface area contributed by atoms with Crippen LogP contribution in [0.2, 0.25) is 0 Å². The first-order chi connectivity index (χ1) is 14.4. The van der Waals surface area contributed by atoms with E-state index in [1.54, 1.807) is 6.20 Å². The van der Waals surface area contributed by atoms with Crippen molar-refractivity contribution >= 4 is 24.0 Å². The summed E-state index contributed by atoms with van der Waals surface area (Å²) in [6.45, 7) is 8.30. The lowest BCUT2D eigenvalue weighted by molar-refractivity contribution is -0.118. The van der Waals surface area contributed by atoms with Gasteiger partial charge >= 0.3 is 0 Å². The van der Waals surface area contributed by atoms with Crippen molar-refractivity contribution in [2.75, 3.05) is 11.9 Å². The third kappa shape index (κ3) is 8.07. The number of nitrogens with zero attached hydrogens (tertiary/aromatic N) is 2. The summed E-state index contributed by atoms with van der Waals surface area (Å²) in [5, 5.41) is 6.47. The molecule has 0 saturated carbocycles. The highest BCUT2D eigenvalue weighted by atomic mass is 35.5. The van der Waals surface area contributed by atoms with Gasteiger partial charge in [0.1, 0.15) is 5.75 Å². The highest BCUT2D eigenvalue weighted by molar-refractivity contribution is 5.91. The molecule has 3 rings (SSSR count). The molecule has 3 aromatic rings. The number of rotatable bonds is 9. The van der Waals surface area contributed by atoms with E-state index in [2.05, 4.69) is 41.0 Å². The Balaban J connectivity index is 0.00000341. The lowest BCUT2D eigenvalue weighted by Gasteiger charge is -2.32. The Morgan fingerprint density at radius 2 is 1.81 bits per heavy atom. The Kier molecular flexibility index (Phi) is 9.09. The highest BCUT2D eigenvalue weighted by Gasteiger charge is 2.24. The number of para-hydroxylation sites is 1. The topological polar surface area (TPSA) is 68.2 Å². The van der Waals surface area contributed by atoms with Crippen LogP contribution in [0.3, 0.4) is 0 Å². The van der Waals surface area contributed by atoms with E-state index in [9.17, 15) is 4.79 Å². The Morgan fingerprint density at radius 3 is 2.42 bits per heavy atom. The van der Waals surface area contributed by atoms with Gasteiger partial charge in [0, 0.05) is 37.2 Å². The van der Waals surface area contributed by atoms with Gasteiger partial charge in [-0.1, -0.05) is 51.1 Å². The molecule has 1 unspecified atom stereocenters. The normalized spacial score (nSPS) is 12.0. The quantitative estimate of drug-likeness (QED) is 0.511. The fraction of sp³-hybridized carbons (Fsp3) is 0.333. The van der Waals surface area contributed by atoms with Crippen LogP contribution in [-0.2, 0) is 17.9 Å². The number of hydrogen-bond acceptors (Lipinski definition) is 4. The lowest BCUT2D eigenvalue weighted by atomic mass is 9.86. The van der Waals surface area contributed by atoms with E-state index in [1.807, 2.05) is 67.1 Å². The van der Waals surface area contributed by atoms with Gasteiger partial charge in [-0.15, -0.1) is 12.4 Å². The molecule has 7 heteroatoms. The van der Waals surface area contributed by atoms with Crippen molar-refractivity contribution in [3.8, 4) is 5.75 Å². The number of carbonyl (C=O) groups is 1. The molecule has 0 aliphatic rings. The Labute approximate surface area is 190 Å². The molecular weight excluding hydrogens is 412 g/mol. The molecule has 2 aromatic carbocycles. The van der Waals surface area contributed by atoms with Gasteiger partial charge in [0.25, 0.3) is 5.91 Å². The molecule has 6 nitrogen and oxygen atoms in total. The zero-order valence-corrected chi connectivity index (χ0v) is 19.1. The lowest BCUT2D eigenvalue weighted by Crippen LogP contribution is -2.42. The van der Waals surface area contributed by atoms with Crippen molar-refractivity contribution in [3.63, 3.8) is 0 Å². The van der Waals surface area contributed by atoms with Crippen LogP contribution in [0.1, 0.15) is 26.3 Å². The highest BCUT2D eigenvalue weighted by Crippen LogP contribution is 2.21. The van der Waals surface area contributed by atoms with Crippen molar-refractivity contribution in [3.05, 3.63) is 78.9 Å². The van der Waals surface area contributed by atoms with E-state index in [1.165, 1.54) is 0 Å². The van der Waals surface area contributed by atoms with E-state index in [-0.39, 0.29) is 30.3 Å². The molecule has 31 heavy (non-hydrogen) atoms. The molecule has 0 bridgehead atoms. The molecule has 166 valence electrons.